The number of halogens is 2. The third kappa shape index (κ3) is 6.51. The van der Waals surface area contributed by atoms with Crippen LogP contribution in [0.25, 0.3) is 10.9 Å². The fourth-order valence-electron chi connectivity index (χ4n) is 5.88. The van der Waals surface area contributed by atoms with Gasteiger partial charge in [0.05, 0.1) is 55.2 Å². The van der Waals surface area contributed by atoms with Crippen molar-refractivity contribution in [3.05, 3.63) is 91.9 Å². The van der Waals surface area contributed by atoms with E-state index in [1.807, 2.05) is 24.3 Å². The number of esters is 2. The van der Waals surface area contributed by atoms with Crippen LogP contribution in [0.3, 0.4) is 0 Å². The van der Waals surface area contributed by atoms with Crippen LogP contribution in [0.4, 0.5) is 5.69 Å². The lowest BCUT2D eigenvalue weighted by molar-refractivity contribution is -0.139. The van der Waals surface area contributed by atoms with E-state index in [2.05, 4.69) is 10.6 Å². The zero-order chi connectivity index (χ0) is 30.5. The van der Waals surface area contributed by atoms with Crippen molar-refractivity contribution < 1.29 is 23.8 Å². The van der Waals surface area contributed by atoms with Crippen LogP contribution in [0.5, 0.6) is 0 Å². The molecule has 2 N–H and O–H groups in total. The van der Waals surface area contributed by atoms with E-state index in [0.717, 1.165) is 48.0 Å². The maximum Gasteiger partial charge on any atom is 0.336 e. The third-order valence-electron chi connectivity index (χ3n) is 7.78. The Labute approximate surface area is 261 Å². The summed E-state index contributed by atoms with van der Waals surface area (Å²) >= 11 is 12.9. The molecule has 43 heavy (non-hydrogen) atoms. The predicted octanol–water partition coefficient (Wildman–Crippen LogP) is 6.50. The van der Waals surface area contributed by atoms with E-state index in [4.69, 9.17) is 42.4 Å². The highest BCUT2D eigenvalue weighted by Gasteiger charge is 2.39. The minimum Gasteiger partial charge on any atom is -0.466 e. The number of carbonyl (C=O) groups is 2. The predicted molar refractivity (Wildman–Crippen MR) is 168 cm³/mol. The summed E-state index contributed by atoms with van der Waals surface area (Å²) in [4.78, 5) is 31.3. The SMILES string of the molecule is CCOC(=O)C1=C(COCCNc2c3c(nc4cc(Cl)ccc24)CCCC3)NC(C)=C(C(=O)OC)C1c1ccccc1Cl. The van der Waals surface area contributed by atoms with Gasteiger partial charge in [-0.2, -0.15) is 0 Å². The summed E-state index contributed by atoms with van der Waals surface area (Å²) in [6, 6.07) is 12.9. The molecule has 8 nitrogen and oxygen atoms in total. The molecule has 2 aliphatic rings. The minimum atomic E-state index is -0.792. The number of hydrogen-bond acceptors (Lipinski definition) is 8. The number of aryl methyl sites for hydroxylation is 1. The van der Waals surface area contributed by atoms with Crippen molar-refractivity contribution in [1.29, 1.82) is 0 Å². The van der Waals surface area contributed by atoms with E-state index in [1.54, 1.807) is 32.0 Å². The summed E-state index contributed by atoms with van der Waals surface area (Å²) in [5, 5.41) is 8.91. The zero-order valence-electron chi connectivity index (χ0n) is 24.5. The number of nitrogens with one attached hydrogen (secondary N) is 2. The second-order valence-corrected chi connectivity index (χ2v) is 11.3. The molecule has 10 heteroatoms. The number of pyridine rings is 1. The standard InChI is InChI=1S/C33H35Cl2N3O5/c1-4-43-33(40)30-27(37-19(2)28(32(39)41-3)29(30)21-9-5-7-11-24(21)35)18-42-16-15-36-31-22-10-6-8-12-25(22)38-26-17-20(34)13-14-23(26)31/h5,7,9,11,13-14,17,29,37H,4,6,8,10,12,15-16,18H2,1-3H3,(H,36,38). The number of nitrogens with zero attached hydrogens (tertiary/aromatic N) is 1. The lowest BCUT2D eigenvalue weighted by Gasteiger charge is -2.31. The highest BCUT2D eigenvalue weighted by Crippen LogP contribution is 2.42. The number of aromatic nitrogens is 1. The molecule has 0 amide bonds. The Balaban J connectivity index is 1.39. The average Bonchev–Trinajstić information content (AvgIpc) is 3.00. The van der Waals surface area contributed by atoms with Crippen molar-refractivity contribution in [2.24, 2.45) is 0 Å². The number of carbonyl (C=O) groups excluding carboxylic acids is 2. The molecule has 1 unspecified atom stereocenters. The van der Waals surface area contributed by atoms with Crippen molar-refractivity contribution in [2.45, 2.75) is 45.4 Å². The van der Waals surface area contributed by atoms with Crippen molar-refractivity contribution in [2.75, 3.05) is 38.8 Å². The van der Waals surface area contributed by atoms with Gasteiger partial charge < -0.3 is 24.8 Å². The monoisotopic (exact) mass is 623 g/mol. The van der Waals surface area contributed by atoms with Gasteiger partial charge >= 0.3 is 11.9 Å². The molecule has 0 bridgehead atoms. The number of dihydropyridines is 1. The summed E-state index contributed by atoms with van der Waals surface area (Å²) in [5.41, 5.74) is 6.53. The Bertz CT molecular complexity index is 1620. The van der Waals surface area contributed by atoms with Crippen molar-refractivity contribution in [3.63, 3.8) is 0 Å². The lowest BCUT2D eigenvalue weighted by atomic mass is 9.80. The second-order valence-electron chi connectivity index (χ2n) is 10.5. The highest BCUT2D eigenvalue weighted by atomic mass is 35.5. The van der Waals surface area contributed by atoms with Crippen LogP contribution in [0.1, 0.15) is 49.4 Å². The van der Waals surface area contributed by atoms with Crippen LogP contribution in [0.15, 0.2) is 65.0 Å². The summed E-state index contributed by atoms with van der Waals surface area (Å²) in [5.74, 6) is -1.91. The first-order valence-corrected chi connectivity index (χ1v) is 15.2. The number of rotatable bonds is 10. The molecule has 0 saturated heterocycles. The summed E-state index contributed by atoms with van der Waals surface area (Å²) in [7, 11) is 1.31. The Kier molecular flexibility index (Phi) is 9.90. The molecule has 1 aliphatic carbocycles. The highest BCUT2D eigenvalue weighted by molar-refractivity contribution is 6.32. The van der Waals surface area contributed by atoms with Gasteiger partial charge in [-0.3, -0.25) is 4.98 Å². The molecule has 226 valence electrons. The molecular formula is C33H35Cl2N3O5. The van der Waals surface area contributed by atoms with Crippen LogP contribution >= 0.6 is 23.2 Å². The number of anilines is 1. The first kappa shape index (κ1) is 30.9. The number of hydrogen-bond donors (Lipinski definition) is 2. The van der Waals surface area contributed by atoms with Gasteiger partial charge in [0.15, 0.2) is 0 Å². The van der Waals surface area contributed by atoms with E-state index in [0.29, 0.717) is 45.7 Å². The first-order valence-electron chi connectivity index (χ1n) is 14.5. The van der Waals surface area contributed by atoms with Gasteiger partial charge in [0, 0.05) is 39.1 Å². The Hall–Kier alpha value is -3.59. The lowest BCUT2D eigenvalue weighted by Crippen LogP contribution is -2.35. The molecule has 2 heterocycles. The molecular weight excluding hydrogens is 589 g/mol. The molecule has 1 aliphatic heterocycles. The number of benzene rings is 2. The molecule has 1 atom stereocenters. The van der Waals surface area contributed by atoms with E-state index >= 15 is 0 Å². The van der Waals surface area contributed by atoms with Gasteiger partial charge in [0.1, 0.15) is 0 Å². The Morgan fingerprint density at radius 3 is 2.63 bits per heavy atom. The van der Waals surface area contributed by atoms with Gasteiger partial charge in [-0.05, 0) is 74.9 Å². The van der Waals surface area contributed by atoms with Crippen molar-refractivity contribution in [3.8, 4) is 0 Å². The second kappa shape index (κ2) is 13.8. The molecule has 0 fully saturated rings. The molecule has 0 saturated carbocycles. The van der Waals surface area contributed by atoms with E-state index < -0.39 is 17.9 Å². The van der Waals surface area contributed by atoms with Gasteiger partial charge in [0.2, 0.25) is 0 Å². The van der Waals surface area contributed by atoms with E-state index in [9.17, 15) is 9.59 Å². The van der Waals surface area contributed by atoms with Crippen molar-refractivity contribution >= 4 is 51.7 Å². The van der Waals surface area contributed by atoms with Crippen LogP contribution in [0.2, 0.25) is 10.0 Å². The van der Waals surface area contributed by atoms with Gasteiger partial charge in [-0.1, -0.05) is 41.4 Å². The summed E-state index contributed by atoms with van der Waals surface area (Å²) in [6.45, 7) is 4.65. The average molecular weight is 625 g/mol. The molecule has 3 aromatic rings. The van der Waals surface area contributed by atoms with E-state index in [-0.39, 0.29) is 18.8 Å². The normalized spacial score (nSPS) is 16.5. The summed E-state index contributed by atoms with van der Waals surface area (Å²) < 4.78 is 16.7. The first-order chi connectivity index (χ1) is 20.8. The maximum atomic E-state index is 13.4. The number of allylic oxidation sites excluding steroid dienone is 1. The number of fused-ring (bicyclic) bond motifs is 2. The quantitative estimate of drug-likeness (QED) is 0.195. The molecule has 0 spiro atoms. The van der Waals surface area contributed by atoms with Gasteiger partial charge in [0.25, 0.3) is 0 Å². The Morgan fingerprint density at radius 2 is 1.86 bits per heavy atom. The number of methoxy groups -OCH3 is 1. The fraction of sp³-hybridized carbons (Fsp3) is 0.364. The van der Waals surface area contributed by atoms with Crippen LogP contribution in [-0.2, 0) is 36.6 Å². The van der Waals surface area contributed by atoms with Crippen LogP contribution < -0.4 is 10.6 Å². The summed E-state index contributed by atoms with van der Waals surface area (Å²) in [6.07, 6.45) is 4.18. The van der Waals surface area contributed by atoms with E-state index in [1.165, 1.54) is 12.7 Å². The molecule has 2 aromatic carbocycles. The van der Waals surface area contributed by atoms with Crippen LogP contribution in [0, 0.1) is 0 Å². The molecule has 0 radical (unpaired) electrons. The smallest absolute Gasteiger partial charge is 0.336 e. The minimum absolute atomic E-state index is 0.0907. The molecule has 1 aromatic heterocycles. The molecule has 5 rings (SSSR count). The van der Waals surface area contributed by atoms with Gasteiger partial charge in [-0.15, -0.1) is 0 Å². The van der Waals surface area contributed by atoms with Gasteiger partial charge in [-0.25, -0.2) is 9.59 Å². The topological polar surface area (TPSA) is 98.8 Å². The van der Waals surface area contributed by atoms with Crippen LogP contribution in [-0.4, -0.2) is 50.4 Å². The fourth-order valence-corrected chi connectivity index (χ4v) is 6.30. The number of ether oxygens (including phenoxy) is 3. The largest absolute Gasteiger partial charge is 0.466 e. The third-order valence-corrected chi connectivity index (χ3v) is 8.36. The maximum absolute atomic E-state index is 13.4. The van der Waals surface area contributed by atoms with Crippen molar-refractivity contribution in [1.82, 2.24) is 10.3 Å². The Morgan fingerprint density at radius 1 is 1.07 bits per heavy atom. The zero-order valence-corrected chi connectivity index (χ0v) is 26.0.